The van der Waals surface area contributed by atoms with Crippen LogP contribution in [0.5, 0.6) is 11.5 Å². The number of thioether (sulfide) groups is 1. The number of carbonyl (C=O) groups excluding carboxylic acids is 4. The molecule has 2 aliphatic rings. The number of hydrogen-bond donors (Lipinski definition) is 2. The van der Waals surface area contributed by atoms with Crippen molar-refractivity contribution in [3.8, 4) is 11.5 Å². The van der Waals surface area contributed by atoms with Crippen LogP contribution >= 0.6 is 11.8 Å². The van der Waals surface area contributed by atoms with Gasteiger partial charge in [0.2, 0.25) is 5.91 Å². The number of ether oxygens (including phenoxy) is 3. The number of aryl methyl sites for hydroxylation is 2. The molecule has 3 aromatic rings. The molecule has 12 heteroatoms. The van der Waals surface area contributed by atoms with Crippen LogP contribution in [0.4, 0.5) is 21.9 Å². The van der Waals surface area contributed by atoms with E-state index in [1.165, 1.54) is 7.11 Å². The molecule has 0 aliphatic carbocycles. The fourth-order valence-electron chi connectivity index (χ4n) is 4.76. The van der Waals surface area contributed by atoms with Crippen LogP contribution in [0, 0.1) is 13.8 Å². The van der Waals surface area contributed by atoms with E-state index < -0.39 is 23.6 Å². The minimum absolute atomic E-state index is 0.172. The van der Waals surface area contributed by atoms with Gasteiger partial charge in [-0.1, -0.05) is 12.1 Å². The number of benzene rings is 3. The highest BCUT2D eigenvalue weighted by Gasteiger charge is 2.36. The van der Waals surface area contributed by atoms with Crippen LogP contribution in [0.1, 0.15) is 16.7 Å². The van der Waals surface area contributed by atoms with Gasteiger partial charge in [-0.3, -0.25) is 24.1 Å². The first-order chi connectivity index (χ1) is 21.7. The van der Waals surface area contributed by atoms with E-state index in [0.29, 0.717) is 41.7 Å². The Bertz CT molecular complexity index is 1630. The number of imide groups is 1. The average Bonchev–Trinajstić information content (AvgIpc) is 3.29. The predicted octanol–water partition coefficient (Wildman–Crippen LogP) is 4.84. The van der Waals surface area contributed by atoms with Gasteiger partial charge in [-0.2, -0.15) is 0 Å². The molecular formula is C33H34N4O7S. The fraction of sp³-hybridized carbons (Fsp3) is 0.273. The van der Waals surface area contributed by atoms with Gasteiger partial charge in [0.05, 0.1) is 25.2 Å². The van der Waals surface area contributed by atoms with Crippen molar-refractivity contribution in [3.05, 3.63) is 82.3 Å². The Kier molecular flexibility index (Phi) is 10.1. The third kappa shape index (κ3) is 8.02. The molecule has 2 N–H and O–H groups in total. The molecule has 4 amide bonds. The summed E-state index contributed by atoms with van der Waals surface area (Å²) in [5.41, 5.74) is 5.05. The van der Waals surface area contributed by atoms with Gasteiger partial charge in [-0.15, -0.1) is 0 Å². The first-order valence-electron chi connectivity index (χ1n) is 14.4. The molecule has 0 bridgehead atoms. The maximum atomic E-state index is 13.0. The van der Waals surface area contributed by atoms with E-state index in [0.717, 1.165) is 46.6 Å². The lowest BCUT2D eigenvalue weighted by Crippen LogP contribution is -2.36. The number of nitrogens with zero attached hydrogens (tertiary/aromatic N) is 2. The molecule has 2 aliphatic heterocycles. The smallest absolute Gasteiger partial charge is 0.294 e. The molecule has 234 valence electrons. The molecule has 45 heavy (non-hydrogen) atoms. The number of hydrogen-bond acceptors (Lipinski definition) is 9. The van der Waals surface area contributed by atoms with Crippen LogP contribution < -0.4 is 25.0 Å². The van der Waals surface area contributed by atoms with Crippen LogP contribution in [-0.4, -0.2) is 74.4 Å². The molecule has 2 saturated heterocycles. The van der Waals surface area contributed by atoms with Gasteiger partial charge in [0.25, 0.3) is 17.1 Å². The van der Waals surface area contributed by atoms with Crippen LogP contribution in [0.25, 0.3) is 6.08 Å². The molecule has 2 heterocycles. The van der Waals surface area contributed by atoms with Crippen LogP contribution in [0.3, 0.4) is 0 Å². The molecule has 0 aromatic heterocycles. The summed E-state index contributed by atoms with van der Waals surface area (Å²) in [6, 6.07) is 18.0. The highest BCUT2D eigenvalue weighted by atomic mass is 32.2. The Morgan fingerprint density at radius 1 is 0.889 bits per heavy atom. The molecule has 0 saturated carbocycles. The van der Waals surface area contributed by atoms with Gasteiger partial charge in [0.15, 0.2) is 18.1 Å². The van der Waals surface area contributed by atoms with E-state index in [2.05, 4.69) is 15.5 Å². The first-order valence-corrected chi connectivity index (χ1v) is 15.2. The molecule has 0 spiro atoms. The van der Waals surface area contributed by atoms with Crippen molar-refractivity contribution in [2.45, 2.75) is 13.8 Å². The van der Waals surface area contributed by atoms with Gasteiger partial charge in [0, 0.05) is 30.2 Å². The van der Waals surface area contributed by atoms with Crippen molar-refractivity contribution in [2.75, 3.05) is 62.1 Å². The lowest BCUT2D eigenvalue weighted by Gasteiger charge is -2.28. The van der Waals surface area contributed by atoms with Crippen molar-refractivity contribution in [1.82, 2.24) is 4.90 Å². The van der Waals surface area contributed by atoms with Gasteiger partial charge in [-0.05, 0) is 96.9 Å². The quantitative estimate of drug-likeness (QED) is 0.303. The first kappa shape index (κ1) is 31.6. The summed E-state index contributed by atoms with van der Waals surface area (Å²) in [7, 11) is 1.46. The van der Waals surface area contributed by atoms with Gasteiger partial charge < -0.3 is 29.7 Å². The van der Waals surface area contributed by atoms with Crippen molar-refractivity contribution in [1.29, 1.82) is 0 Å². The summed E-state index contributed by atoms with van der Waals surface area (Å²) in [4.78, 5) is 54.1. The zero-order valence-electron chi connectivity index (χ0n) is 25.3. The zero-order valence-corrected chi connectivity index (χ0v) is 26.1. The Morgan fingerprint density at radius 2 is 1.60 bits per heavy atom. The molecule has 0 atom stereocenters. The number of nitrogens with one attached hydrogen (secondary N) is 2. The lowest BCUT2D eigenvalue weighted by atomic mass is 10.1. The van der Waals surface area contributed by atoms with Crippen molar-refractivity contribution < 1.29 is 33.4 Å². The second kappa shape index (κ2) is 14.3. The predicted molar refractivity (Wildman–Crippen MR) is 174 cm³/mol. The van der Waals surface area contributed by atoms with E-state index >= 15 is 0 Å². The maximum Gasteiger partial charge on any atom is 0.294 e. The van der Waals surface area contributed by atoms with Crippen molar-refractivity contribution in [3.63, 3.8) is 0 Å². The number of rotatable bonds is 10. The monoisotopic (exact) mass is 630 g/mol. The van der Waals surface area contributed by atoms with E-state index in [9.17, 15) is 19.2 Å². The van der Waals surface area contributed by atoms with E-state index in [-0.39, 0.29) is 17.4 Å². The lowest BCUT2D eigenvalue weighted by molar-refractivity contribution is -0.127. The number of carbonyl (C=O) groups is 4. The third-order valence-electron chi connectivity index (χ3n) is 7.34. The summed E-state index contributed by atoms with van der Waals surface area (Å²) < 4.78 is 16.5. The second-order valence-electron chi connectivity index (χ2n) is 10.5. The summed E-state index contributed by atoms with van der Waals surface area (Å²) in [5.74, 6) is -0.687. The van der Waals surface area contributed by atoms with Gasteiger partial charge >= 0.3 is 0 Å². The highest BCUT2D eigenvalue weighted by Crippen LogP contribution is 2.34. The van der Waals surface area contributed by atoms with E-state index in [1.54, 1.807) is 36.4 Å². The zero-order chi connectivity index (χ0) is 31.9. The minimum atomic E-state index is -0.565. The van der Waals surface area contributed by atoms with Crippen molar-refractivity contribution in [2.24, 2.45) is 0 Å². The Labute approximate surface area is 265 Å². The SMILES string of the molecule is COc1cc(/C=C2/SC(=O)N(CC(=O)Nc3ccc(N4CCOCC4)cc3)C2=O)ccc1OCC(=O)Nc1ccc(C)c(C)c1. The molecule has 3 aromatic carbocycles. The summed E-state index contributed by atoms with van der Waals surface area (Å²) >= 11 is 0.755. The molecule has 0 radical (unpaired) electrons. The van der Waals surface area contributed by atoms with Gasteiger partial charge in [0.1, 0.15) is 6.54 Å². The molecule has 0 unspecified atom stereocenters. The van der Waals surface area contributed by atoms with Crippen LogP contribution in [0.2, 0.25) is 0 Å². The molecule has 2 fully saturated rings. The number of morpholine rings is 1. The van der Waals surface area contributed by atoms with E-state index in [4.69, 9.17) is 14.2 Å². The third-order valence-corrected chi connectivity index (χ3v) is 8.24. The number of amides is 4. The molecule has 11 nitrogen and oxygen atoms in total. The van der Waals surface area contributed by atoms with E-state index in [1.807, 2.05) is 44.2 Å². The summed E-state index contributed by atoms with van der Waals surface area (Å²) in [6.07, 6.45) is 1.55. The topological polar surface area (TPSA) is 127 Å². The summed E-state index contributed by atoms with van der Waals surface area (Å²) in [5, 5.41) is 5.02. The fourth-order valence-corrected chi connectivity index (χ4v) is 5.60. The normalized spacial score (nSPS) is 15.8. The molecular weight excluding hydrogens is 596 g/mol. The van der Waals surface area contributed by atoms with Crippen LogP contribution in [0.15, 0.2) is 65.6 Å². The number of anilines is 3. The Balaban J connectivity index is 1.16. The van der Waals surface area contributed by atoms with Gasteiger partial charge in [-0.25, -0.2) is 0 Å². The van der Waals surface area contributed by atoms with Crippen molar-refractivity contribution >= 4 is 57.9 Å². The minimum Gasteiger partial charge on any atom is -0.493 e. The maximum absolute atomic E-state index is 13.0. The second-order valence-corrected chi connectivity index (χ2v) is 11.5. The summed E-state index contributed by atoms with van der Waals surface area (Å²) in [6.45, 7) is 6.28. The Hall–Kier alpha value is -4.81. The highest BCUT2D eigenvalue weighted by molar-refractivity contribution is 8.18. The van der Waals surface area contributed by atoms with Crippen LogP contribution in [-0.2, 0) is 19.1 Å². The number of methoxy groups -OCH3 is 1. The average molecular weight is 631 g/mol. The largest absolute Gasteiger partial charge is 0.493 e. The standard InChI is InChI=1S/C33H34N4O7S/c1-21-4-6-25(16-22(21)2)35-31(39)20-44-27-11-5-23(17-28(27)42-3)18-29-32(40)37(33(41)45-29)19-30(38)34-24-7-9-26(10-8-24)36-12-14-43-15-13-36/h4-11,16-18H,12-15,19-20H2,1-3H3,(H,34,38)(H,35,39)/b29-18+. The molecule has 5 rings (SSSR count). The Morgan fingerprint density at radius 3 is 2.31 bits per heavy atom.